The van der Waals surface area contributed by atoms with Gasteiger partial charge in [-0.1, -0.05) is 13.0 Å². The molecule has 0 radical (unpaired) electrons. The molecule has 3 heterocycles. The number of pyridine rings is 2. The molecule has 2 aromatic heterocycles. The van der Waals surface area contributed by atoms with Crippen molar-refractivity contribution in [1.29, 1.82) is 0 Å². The molecule has 3 atom stereocenters. The number of nitrogens with zero attached hydrogens (tertiary/aromatic N) is 4. The molecule has 8 heteroatoms. The van der Waals surface area contributed by atoms with Crippen LogP contribution in [0.4, 0.5) is 0 Å². The van der Waals surface area contributed by atoms with Crippen molar-refractivity contribution in [3.8, 4) is 17.0 Å². The standard InChI is InChI=1S/C24H30N4O4/c1-15-12-28(16(2)14-29)24(31)20-9-19(18-5-4-8-25-10-18)11-26-22(20)32-21(15)13-27(3)23(30)17-6-7-17/h4-5,8-11,15-17,21,29H,6-7,12-14H2,1-3H3/t15-,16+,21+/m0/s1. The molecule has 8 nitrogen and oxygen atoms in total. The van der Waals surface area contributed by atoms with E-state index in [4.69, 9.17) is 4.74 Å². The molecule has 32 heavy (non-hydrogen) atoms. The van der Waals surface area contributed by atoms with Gasteiger partial charge in [0.15, 0.2) is 0 Å². The van der Waals surface area contributed by atoms with Crippen LogP contribution in [-0.4, -0.2) is 75.6 Å². The van der Waals surface area contributed by atoms with Gasteiger partial charge in [-0.05, 0) is 31.9 Å². The van der Waals surface area contributed by atoms with Crippen LogP contribution >= 0.6 is 0 Å². The number of rotatable bonds is 6. The molecule has 0 aromatic carbocycles. The summed E-state index contributed by atoms with van der Waals surface area (Å²) >= 11 is 0. The number of hydrogen-bond acceptors (Lipinski definition) is 6. The molecule has 0 bridgehead atoms. The summed E-state index contributed by atoms with van der Waals surface area (Å²) in [6.45, 7) is 4.50. The van der Waals surface area contributed by atoms with Crippen molar-refractivity contribution in [2.45, 2.75) is 38.8 Å². The Hall–Kier alpha value is -3.00. The third-order valence-corrected chi connectivity index (χ3v) is 6.27. The molecule has 0 saturated heterocycles. The van der Waals surface area contributed by atoms with Crippen molar-refractivity contribution >= 4 is 11.8 Å². The molecule has 2 aromatic rings. The lowest BCUT2D eigenvalue weighted by molar-refractivity contribution is -0.132. The van der Waals surface area contributed by atoms with Gasteiger partial charge in [0.05, 0.1) is 19.2 Å². The summed E-state index contributed by atoms with van der Waals surface area (Å²) in [5.41, 5.74) is 1.95. The maximum absolute atomic E-state index is 13.5. The quantitative estimate of drug-likeness (QED) is 0.743. The van der Waals surface area contributed by atoms with Crippen molar-refractivity contribution in [1.82, 2.24) is 19.8 Å². The largest absolute Gasteiger partial charge is 0.472 e. The van der Waals surface area contributed by atoms with Crippen LogP contribution in [0.3, 0.4) is 0 Å². The zero-order valence-corrected chi connectivity index (χ0v) is 18.8. The number of carbonyl (C=O) groups is 2. The van der Waals surface area contributed by atoms with Crippen LogP contribution in [0.1, 0.15) is 37.0 Å². The van der Waals surface area contributed by atoms with Crippen molar-refractivity contribution < 1.29 is 19.4 Å². The molecule has 1 N–H and O–H groups in total. The Balaban J connectivity index is 1.69. The van der Waals surface area contributed by atoms with Crippen LogP contribution < -0.4 is 4.74 Å². The third kappa shape index (κ3) is 4.60. The highest BCUT2D eigenvalue weighted by molar-refractivity contribution is 5.98. The first-order valence-electron chi connectivity index (χ1n) is 11.1. The summed E-state index contributed by atoms with van der Waals surface area (Å²) in [6.07, 6.45) is 6.64. The van der Waals surface area contributed by atoms with Crippen LogP contribution in [0.2, 0.25) is 0 Å². The van der Waals surface area contributed by atoms with Crippen LogP contribution in [-0.2, 0) is 4.79 Å². The molecule has 1 saturated carbocycles. The van der Waals surface area contributed by atoms with E-state index in [1.165, 1.54) is 0 Å². The second-order valence-corrected chi connectivity index (χ2v) is 8.93. The highest BCUT2D eigenvalue weighted by atomic mass is 16.5. The predicted molar refractivity (Wildman–Crippen MR) is 119 cm³/mol. The van der Waals surface area contributed by atoms with Gasteiger partial charge in [-0.15, -0.1) is 0 Å². The first kappa shape index (κ1) is 22.2. The van der Waals surface area contributed by atoms with Gasteiger partial charge in [0, 0.05) is 55.1 Å². The molecule has 0 unspecified atom stereocenters. The molecule has 2 amide bonds. The Morgan fingerprint density at radius 3 is 2.78 bits per heavy atom. The summed E-state index contributed by atoms with van der Waals surface area (Å²) in [7, 11) is 1.80. The summed E-state index contributed by atoms with van der Waals surface area (Å²) in [6, 6.07) is 5.14. The average molecular weight is 439 g/mol. The Labute approximate surface area is 188 Å². The highest BCUT2D eigenvalue weighted by Crippen LogP contribution is 2.32. The minimum absolute atomic E-state index is 0.0599. The van der Waals surface area contributed by atoms with Gasteiger partial charge < -0.3 is 19.6 Å². The fraction of sp³-hybridized carbons (Fsp3) is 0.500. The van der Waals surface area contributed by atoms with E-state index in [0.717, 1.165) is 24.0 Å². The number of carbonyl (C=O) groups excluding carboxylic acids is 2. The summed E-state index contributed by atoms with van der Waals surface area (Å²) in [4.78, 5) is 38.0. The van der Waals surface area contributed by atoms with Crippen molar-refractivity contribution in [3.05, 3.63) is 42.4 Å². The predicted octanol–water partition coefficient (Wildman–Crippen LogP) is 2.23. The molecular formula is C24H30N4O4. The lowest BCUT2D eigenvalue weighted by atomic mass is 9.99. The molecular weight excluding hydrogens is 408 g/mol. The number of likely N-dealkylation sites (N-methyl/N-ethyl adjacent to an activating group) is 1. The second kappa shape index (κ2) is 9.24. The maximum Gasteiger partial charge on any atom is 0.259 e. The lowest BCUT2D eigenvalue weighted by Gasteiger charge is -2.37. The van der Waals surface area contributed by atoms with E-state index < -0.39 is 0 Å². The first-order chi connectivity index (χ1) is 15.4. The van der Waals surface area contributed by atoms with Crippen LogP contribution in [0.15, 0.2) is 36.8 Å². The molecule has 4 rings (SSSR count). The van der Waals surface area contributed by atoms with E-state index >= 15 is 0 Å². The summed E-state index contributed by atoms with van der Waals surface area (Å²) in [5.74, 6) is 0.230. The minimum atomic E-state index is -0.357. The van der Waals surface area contributed by atoms with Crippen molar-refractivity contribution in [2.24, 2.45) is 11.8 Å². The Morgan fingerprint density at radius 2 is 2.12 bits per heavy atom. The number of aliphatic hydroxyl groups is 1. The zero-order chi connectivity index (χ0) is 22.8. The van der Waals surface area contributed by atoms with Gasteiger partial charge in [-0.25, -0.2) is 4.98 Å². The molecule has 1 aliphatic heterocycles. The SMILES string of the molecule is C[C@H](CO)N1C[C@H](C)[C@@H](CN(C)C(=O)C2CC2)Oc2ncc(-c3cccnc3)cc2C1=O. The van der Waals surface area contributed by atoms with Crippen LogP contribution in [0.5, 0.6) is 5.88 Å². The van der Waals surface area contributed by atoms with Gasteiger partial charge in [0.1, 0.15) is 11.7 Å². The van der Waals surface area contributed by atoms with E-state index in [2.05, 4.69) is 9.97 Å². The smallest absolute Gasteiger partial charge is 0.259 e. The van der Waals surface area contributed by atoms with E-state index in [1.54, 1.807) is 41.5 Å². The van der Waals surface area contributed by atoms with Gasteiger partial charge in [-0.2, -0.15) is 0 Å². The summed E-state index contributed by atoms with van der Waals surface area (Å²) in [5, 5.41) is 9.78. The van der Waals surface area contributed by atoms with Crippen molar-refractivity contribution in [3.63, 3.8) is 0 Å². The van der Waals surface area contributed by atoms with E-state index in [-0.39, 0.29) is 48.3 Å². The number of aromatic nitrogens is 2. The minimum Gasteiger partial charge on any atom is -0.472 e. The maximum atomic E-state index is 13.5. The number of ether oxygens (including phenoxy) is 1. The van der Waals surface area contributed by atoms with Crippen LogP contribution in [0, 0.1) is 11.8 Å². The number of amides is 2. The van der Waals surface area contributed by atoms with Crippen molar-refractivity contribution in [2.75, 3.05) is 26.7 Å². The molecule has 1 fully saturated rings. The van der Waals surface area contributed by atoms with E-state index in [9.17, 15) is 14.7 Å². The number of aliphatic hydroxyl groups excluding tert-OH is 1. The molecule has 2 aliphatic rings. The zero-order valence-electron chi connectivity index (χ0n) is 18.8. The third-order valence-electron chi connectivity index (χ3n) is 6.27. The Morgan fingerprint density at radius 1 is 1.34 bits per heavy atom. The topological polar surface area (TPSA) is 95.9 Å². The Bertz CT molecular complexity index is 979. The number of hydrogen-bond donors (Lipinski definition) is 1. The lowest BCUT2D eigenvalue weighted by Crippen LogP contribution is -2.50. The van der Waals surface area contributed by atoms with Crippen LogP contribution in [0.25, 0.3) is 11.1 Å². The van der Waals surface area contributed by atoms with Gasteiger partial charge >= 0.3 is 0 Å². The Kier molecular flexibility index (Phi) is 6.41. The molecule has 1 aliphatic carbocycles. The van der Waals surface area contributed by atoms with Gasteiger partial charge in [-0.3, -0.25) is 14.6 Å². The van der Waals surface area contributed by atoms with Gasteiger partial charge in [0.25, 0.3) is 5.91 Å². The molecule has 170 valence electrons. The highest BCUT2D eigenvalue weighted by Gasteiger charge is 2.37. The number of fused-ring (bicyclic) bond motifs is 1. The van der Waals surface area contributed by atoms with Gasteiger partial charge in [0.2, 0.25) is 11.8 Å². The monoisotopic (exact) mass is 438 g/mol. The summed E-state index contributed by atoms with van der Waals surface area (Å²) < 4.78 is 6.26. The van der Waals surface area contributed by atoms with E-state index in [1.807, 2.05) is 26.0 Å². The molecule has 0 spiro atoms. The van der Waals surface area contributed by atoms with E-state index in [0.29, 0.717) is 18.7 Å². The first-order valence-corrected chi connectivity index (χ1v) is 11.1. The normalized spacial score (nSPS) is 21.8. The fourth-order valence-corrected chi connectivity index (χ4v) is 4.01. The average Bonchev–Trinajstić information content (AvgIpc) is 3.66. The second-order valence-electron chi connectivity index (χ2n) is 8.93. The fourth-order valence-electron chi connectivity index (χ4n) is 4.01.